The number of aliphatic hydroxyl groups excluding tert-OH is 1. The van der Waals surface area contributed by atoms with E-state index in [1.54, 1.807) is 0 Å². The van der Waals surface area contributed by atoms with Crippen LogP contribution < -0.4 is 20.9 Å². The van der Waals surface area contributed by atoms with Crippen molar-refractivity contribution in [3.63, 3.8) is 0 Å². The van der Waals surface area contributed by atoms with Crippen LogP contribution in [0.15, 0.2) is 30.3 Å². The predicted octanol–water partition coefficient (Wildman–Crippen LogP) is 0.680. The molecule has 1 aromatic carbocycles. The van der Waals surface area contributed by atoms with Crippen LogP contribution in [0.5, 0.6) is 5.75 Å². The third kappa shape index (κ3) is 9.67. The van der Waals surface area contributed by atoms with Crippen molar-refractivity contribution >= 4 is 37.5 Å². The number of aliphatic hydroxyl groups is 1. The van der Waals surface area contributed by atoms with Crippen LogP contribution in [0.4, 0.5) is 0 Å². The second-order valence-electron chi connectivity index (χ2n) is 11.1. The van der Waals surface area contributed by atoms with Crippen LogP contribution in [0.25, 0.3) is 6.08 Å². The molecule has 0 bridgehead atoms. The lowest BCUT2D eigenvalue weighted by molar-refractivity contribution is -0.143. The van der Waals surface area contributed by atoms with E-state index in [9.17, 15) is 28.8 Å². The number of likely N-dealkylation sites (tertiary alicyclic amines) is 1. The lowest BCUT2D eigenvalue weighted by Gasteiger charge is -2.32. The van der Waals surface area contributed by atoms with Gasteiger partial charge >= 0.3 is 7.82 Å². The van der Waals surface area contributed by atoms with E-state index in [1.165, 1.54) is 48.2 Å². The lowest BCUT2D eigenvalue weighted by atomic mass is 10.0. The number of primary amides is 1. The van der Waals surface area contributed by atoms with Gasteiger partial charge in [-0.1, -0.05) is 26.0 Å². The average Bonchev–Trinajstić information content (AvgIpc) is 3.52. The molecule has 226 valence electrons. The van der Waals surface area contributed by atoms with E-state index in [0.29, 0.717) is 18.5 Å². The summed E-state index contributed by atoms with van der Waals surface area (Å²) in [5, 5.41) is 15.6. The lowest BCUT2D eigenvalue weighted by Crippen LogP contribution is -2.57. The van der Waals surface area contributed by atoms with Crippen LogP contribution in [0.1, 0.15) is 52.0 Å². The molecule has 0 spiro atoms. The molecule has 2 aliphatic rings. The molecule has 6 atom stereocenters. The SMILES string of the molecule is CC(C)C[C@H](NC(=O)/C=C/c1ccc(OP(=O)(O)O)cc1)C(=O)N1C[C@H]2C[C@H]2[C@H]1C(=O)N[C@@H](CCC(N)=O)[C@@H](C)O. The number of hydrogen-bond donors (Lipinski definition) is 6. The molecule has 0 unspecified atom stereocenters. The van der Waals surface area contributed by atoms with Gasteiger partial charge in [-0.05, 0) is 67.7 Å². The van der Waals surface area contributed by atoms with Crippen LogP contribution >= 0.6 is 7.82 Å². The van der Waals surface area contributed by atoms with E-state index in [1.807, 2.05) is 13.8 Å². The number of piperidine rings is 1. The van der Waals surface area contributed by atoms with Gasteiger partial charge < -0.3 is 30.9 Å². The number of hydrogen-bond acceptors (Lipinski definition) is 7. The third-order valence-corrected chi connectivity index (χ3v) is 7.62. The Labute approximate surface area is 238 Å². The van der Waals surface area contributed by atoms with E-state index in [2.05, 4.69) is 15.2 Å². The van der Waals surface area contributed by atoms with Crippen LogP contribution in [0.3, 0.4) is 0 Å². The van der Waals surface area contributed by atoms with Crippen LogP contribution in [-0.2, 0) is 23.7 Å². The van der Waals surface area contributed by atoms with Gasteiger partial charge in [0.05, 0.1) is 12.1 Å². The molecule has 13 nitrogen and oxygen atoms in total. The van der Waals surface area contributed by atoms with Crippen molar-refractivity contribution in [2.45, 2.75) is 70.7 Å². The summed E-state index contributed by atoms with van der Waals surface area (Å²) in [6.45, 7) is 5.74. The summed E-state index contributed by atoms with van der Waals surface area (Å²) < 4.78 is 15.5. The van der Waals surface area contributed by atoms with Gasteiger partial charge in [0.25, 0.3) is 0 Å². The molecule has 1 heterocycles. The normalized spacial score (nSPS) is 22.1. The Balaban J connectivity index is 1.67. The zero-order valence-electron chi connectivity index (χ0n) is 23.3. The fourth-order valence-corrected chi connectivity index (χ4v) is 5.49. The molecule has 2 fully saturated rings. The number of phosphoric acid groups is 1. The van der Waals surface area contributed by atoms with Crippen LogP contribution in [0, 0.1) is 17.8 Å². The molecule has 7 N–H and O–H groups in total. The van der Waals surface area contributed by atoms with Gasteiger partial charge in [0.2, 0.25) is 23.6 Å². The quantitative estimate of drug-likeness (QED) is 0.132. The minimum atomic E-state index is -4.68. The largest absolute Gasteiger partial charge is 0.524 e. The smallest absolute Gasteiger partial charge is 0.404 e. The molecule has 1 saturated heterocycles. The maximum atomic E-state index is 13.7. The highest BCUT2D eigenvalue weighted by molar-refractivity contribution is 7.46. The minimum Gasteiger partial charge on any atom is -0.404 e. The molecule has 1 aliphatic carbocycles. The first-order chi connectivity index (χ1) is 19.1. The van der Waals surface area contributed by atoms with E-state index in [4.69, 9.17) is 15.5 Å². The molecule has 0 radical (unpaired) electrons. The Morgan fingerprint density at radius 1 is 1.15 bits per heavy atom. The predicted molar refractivity (Wildman–Crippen MR) is 149 cm³/mol. The summed E-state index contributed by atoms with van der Waals surface area (Å²) in [6.07, 6.45) is 3.14. The highest BCUT2D eigenvalue weighted by atomic mass is 31.2. The van der Waals surface area contributed by atoms with Crippen molar-refractivity contribution in [3.8, 4) is 5.75 Å². The van der Waals surface area contributed by atoms with Crippen molar-refractivity contribution < 1.29 is 43.2 Å². The monoisotopic (exact) mass is 594 g/mol. The molecule has 0 aromatic heterocycles. The average molecular weight is 595 g/mol. The van der Waals surface area contributed by atoms with Gasteiger partial charge in [-0.25, -0.2) is 4.57 Å². The number of nitrogens with two attached hydrogens (primary N) is 1. The number of carbonyl (C=O) groups is 4. The molecule has 1 saturated carbocycles. The molecular formula is C27H39N4O9P. The summed E-state index contributed by atoms with van der Waals surface area (Å²) in [6, 6.07) is 3.41. The molecule has 14 heteroatoms. The Bertz CT molecular complexity index is 1200. The number of carbonyl (C=O) groups excluding carboxylic acids is 4. The number of nitrogens with zero attached hydrogens (tertiary/aromatic N) is 1. The zero-order chi connectivity index (χ0) is 30.5. The summed E-state index contributed by atoms with van der Waals surface area (Å²) in [4.78, 5) is 70.3. The van der Waals surface area contributed by atoms with Gasteiger partial charge in [-0.3, -0.25) is 29.0 Å². The number of phosphoric ester groups is 1. The minimum absolute atomic E-state index is 0.00226. The number of fused-ring (bicyclic) bond motifs is 1. The first-order valence-corrected chi connectivity index (χ1v) is 15.1. The molecular weight excluding hydrogens is 555 g/mol. The Hall–Kier alpha value is -3.25. The first-order valence-electron chi connectivity index (χ1n) is 13.6. The number of benzene rings is 1. The van der Waals surface area contributed by atoms with Crippen molar-refractivity contribution in [1.29, 1.82) is 0 Å². The highest BCUT2D eigenvalue weighted by Gasteiger charge is 2.57. The Morgan fingerprint density at radius 3 is 2.37 bits per heavy atom. The van der Waals surface area contributed by atoms with E-state index in [-0.39, 0.29) is 42.3 Å². The summed E-state index contributed by atoms with van der Waals surface area (Å²) in [5.41, 5.74) is 5.78. The maximum Gasteiger partial charge on any atom is 0.524 e. The van der Waals surface area contributed by atoms with Crippen LogP contribution in [0.2, 0.25) is 0 Å². The zero-order valence-corrected chi connectivity index (χ0v) is 24.2. The second kappa shape index (κ2) is 13.6. The van der Waals surface area contributed by atoms with Gasteiger partial charge in [-0.15, -0.1) is 0 Å². The van der Waals surface area contributed by atoms with Gasteiger partial charge in [0, 0.05) is 19.0 Å². The Kier molecular flexibility index (Phi) is 10.7. The summed E-state index contributed by atoms with van der Waals surface area (Å²) >= 11 is 0. The molecule has 1 aliphatic heterocycles. The summed E-state index contributed by atoms with van der Waals surface area (Å²) in [7, 11) is -4.68. The second-order valence-corrected chi connectivity index (χ2v) is 12.3. The number of rotatable bonds is 14. The van der Waals surface area contributed by atoms with E-state index >= 15 is 0 Å². The first kappa shape index (κ1) is 32.3. The van der Waals surface area contributed by atoms with Crippen molar-refractivity contribution in [3.05, 3.63) is 35.9 Å². The molecule has 1 aromatic rings. The summed E-state index contributed by atoms with van der Waals surface area (Å²) in [5.74, 6) is -1.61. The fraction of sp³-hybridized carbons (Fsp3) is 0.556. The van der Waals surface area contributed by atoms with Crippen molar-refractivity contribution in [1.82, 2.24) is 15.5 Å². The maximum absolute atomic E-state index is 13.7. The third-order valence-electron chi connectivity index (χ3n) is 7.17. The standard InChI is InChI=1S/C27H39N4O9P/c1-15(2)12-22(29-24(34)11-6-17-4-7-19(8-5-17)40-41(37,38)39)27(36)31-14-18-13-20(18)25(31)26(35)30-21(16(3)32)9-10-23(28)33/h4-8,11,15-16,18,20-22,25,32H,9-10,12-14H2,1-3H3,(H2,28,33)(H,29,34)(H,30,35)(H2,37,38,39)/b11-6+/t16-,18-,20-,21+,22+,25+/m1/s1. The fourth-order valence-electron chi connectivity index (χ4n) is 5.09. The van der Waals surface area contributed by atoms with Gasteiger partial charge in [-0.2, -0.15) is 0 Å². The van der Waals surface area contributed by atoms with E-state index in [0.717, 1.165) is 6.42 Å². The highest BCUT2D eigenvalue weighted by Crippen LogP contribution is 2.50. The van der Waals surface area contributed by atoms with Crippen molar-refractivity contribution in [2.75, 3.05) is 6.54 Å². The molecule has 41 heavy (non-hydrogen) atoms. The molecule has 3 rings (SSSR count). The number of amides is 4. The number of nitrogens with one attached hydrogen (secondary N) is 2. The molecule has 4 amide bonds. The van der Waals surface area contributed by atoms with E-state index < -0.39 is 49.8 Å². The Morgan fingerprint density at radius 2 is 1.80 bits per heavy atom. The van der Waals surface area contributed by atoms with Gasteiger partial charge in [0.1, 0.15) is 17.8 Å². The van der Waals surface area contributed by atoms with Crippen LogP contribution in [-0.4, -0.2) is 74.2 Å². The van der Waals surface area contributed by atoms with Gasteiger partial charge in [0.15, 0.2) is 0 Å². The van der Waals surface area contributed by atoms with Crippen molar-refractivity contribution in [2.24, 2.45) is 23.5 Å². The topological polar surface area (TPSA) is 209 Å².